The van der Waals surface area contributed by atoms with Gasteiger partial charge in [0.1, 0.15) is 17.8 Å². The molecule has 8 heteroatoms. The van der Waals surface area contributed by atoms with E-state index >= 15 is 0 Å². The SMILES string of the molecule is O=C(CCCOc1ccccc1)N1CCCN(c2ccc([N+](=O)[O-])cn2)CC1. The van der Waals surface area contributed by atoms with Crippen molar-refractivity contribution in [3.63, 3.8) is 0 Å². The summed E-state index contributed by atoms with van der Waals surface area (Å²) in [5.41, 5.74) is -0.0203. The number of aromatic nitrogens is 1. The van der Waals surface area contributed by atoms with Gasteiger partial charge in [0, 0.05) is 38.7 Å². The van der Waals surface area contributed by atoms with Crippen molar-refractivity contribution in [2.24, 2.45) is 0 Å². The van der Waals surface area contributed by atoms with E-state index in [1.54, 1.807) is 6.07 Å². The highest BCUT2D eigenvalue weighted by molar-refractivity contribution is 5.76. The predicted octanol–water partition coefficient (Wildman–Crippen LogP) is 2.89. The molecule has 1 aliphatic rings. The Balaban J connectivity index is 1.43. The Morgan fingerprint density at radius 2 is 1.93 bits per heavy atom. The predicted molar refractivity (Wildman–Crippen MR) is 105 cm³/mol. The van der Waals surface area contributed by atoms with E-state index in [0.29, 0.717) is 44.9 Å². The van der Waals surface area contributed by atoms with Crippen LogP contribution in [0.5, 0.6) is 5.75 Å². The van der Waals surface area contributed by atoms with Crippen molar-refractivity contribution in [2.45, 2.75) is 19.3 Å². The van der Waals surface area contributed by atoms with Crippen LogP contribution < -0.4 is 9.64 Å². The molecule has 0 unspecified atom stereocenters. The second kappa shape index (κ2) is 9.68. The van der Waals surface area contributed by atoms with E-state index in [0.717, 1.165) is 18.7 Å². The second-order valence-electron chi connectivity index (χ2n) is 6.62. The first-order valence-corrected chi connectivity index (χ1v) is 9.44. The third kappa shape index (κ3) is 5.42. The van der Waals surface area contributed by atoms with Gasteiger partial charge in [-0.1, -0.05) is 18.2 Å². The van der Waals surface area contributed by atoms with Crippen molar-refractivity contribution in [1.82, 2.24) is 9.88 Å². The maximum atomic E-state index is 12.5. The molecule has 148 valence electrons. The van der Waals surface area contributed by atoms with Gasteiger partial charge in [0.25, 0.3) is 5.69 Å². The molecule has 3 rings (SSSR count). The van der Waals surface area contributed by atoms with Gasteiger partial charge in [0.15, 0.2) is 0 Å². The molecule has 0 saturated carbocycles. The fourth-order valence-electron chi connectivity index (χ4n) is 3.16. The fraction of sp³-hybridized carbons (Fsp3) is 0.400. The largest absolute Gasteiger partial charge is 0.494 e. The zero-order valence-corrected chi connectivity index (χ0v) is 15.7. The number of para-hydroxylation sites is 1. The fourth-order valence-corrected chi connectivity index (χ4v) is 3.16. The zero-order valence-electron chi connectivity index (χ0n) is 15.7. The van der Waals surface area contributed by atoms with Crippen LogP contribution >= 0.6 is 0 Å². The summed E-state index contributed by atoms with van der Waals surface area (Å²) in [4.78, 5) is 30.9. The number of pyridine rings is 1. The summed E-state index contributed by atoms with van der Waals surface area (Å²) in [6.45, 7) is 3.28. The number of carbonyl (C=O) groups excluding carboxylic acids is 1. The lowest BCUT2D eigenvalue weighted by Crippen LogP contribution is -2.35. The van der Waals surface area contributed by atoms with Gasteiger partial charge >= 0.3 is 0 Å². The molecule has 0 atom stereocenters. The minimum Gasteiger partial charge on any atom is -0.494 e. The van der Waals surface area contributed by atoms with Crippen molar-refractivity contribution in [3.8, 4) is 5.75 Å². The zero-order chi connectivity index (χ0) is 19.8. The molecule has 1 aliphatic heterocycles. The monoisotopic (exact) mass is 384 g/mol. The Labute approximate surface area is 163 Å². The molecule has 1 amide bonds. The summed E-state index contributed by atoms with van der Waals surface area (Å²) in [5.74, 6) is 1.65. The molecule has 0 N–H and O–H groups in total. The van der Waals surface area contributed by atoms with E-state index in [-0.39, 0.29) is 11.6 Å². The van der Waals surface area contributed by atoms with Gasteiger partial charge < -0.3 is 14.5 Å². The topological polar surface area (TPSA) is 88.8 Å². The van der Waals surface area contributed by atoms with E-state index < -0.39 is 4.92 Å². The lowest BCUT2D eigenvalue weighted by molar-refractivity contribution is -0.385. The van der Waals surface area contributed by atoms with Gasteiger partial charge in [-0.3, -0.25) is 14.9 Å². The van der Waals surface area contributed by atoms with E-state index in [4.69, 9.17) is 4.74 Å². The highest BCUT2D eigenvalue weighted by Crippen LogP contribution is 2.18. The third-order valence-electron chi connectivity index (χ3n) is 4.66. The van der Waals surface area contributed by atoms with Crippen LogP contribution in [0.2, 0.25) is 0 Å². The molecule has 2 aromatic rings. The van der Waals surface area contributed by atoms with Gasteiger partial charge in [0.2, 0.25) is 5.91 Å². The van der Waals surface area contributed by atoms with Crippen LogP contribution in [0.4, 0.5) is 11.5 Å². The minimum atomic E-state index is -0.457. The molecule has 8 nitrogen and oxygen atoms in total. The van der Waals surface area contributed by atoms with Crippen molar-refractivity contribution in [2.75, 3.05) is 37.7 Å². The Kier molecular flexibility index (Phi) is 6.78. The van der Waals surface area contributed by atoms with Crippen LogP contribution in [-0.4, -0.2) is 53.5 Å². The summed E-state index contributed by atoms with van der Waals surface area (Å²) in [7, 11) is 0. The molecule has 28 heavy (non-hydrogen) atoms. The molecular weight excluding hydrogens is 360 g/mol. The first kappa shape index (κ1) is 19.6. The molecule has 0 bridgehead atoms. The summed E-state index contributed by atoms with van der Waals surface area (Å²) in [6.07, 6.45) is 3.25. The van der Waals surface area contributed by atoms with Gasteiger partial charge in [-0.25, -0.2) is 4.98 Å². The Morgan fingerprint density at radius 3 is 2.64 bits per heavy atom. The first-order chi connectivity index (χ1) is 13.6. The van der Waals surface area contributed by atoms with Crippen LogP contribution in [0, 0.1) is 10.1 Å². The number of anilines is 1. The molecule has 0 spiro atoms. The summed E-state index contributed by atoms with van der Waals surface area (Å²) < 4.78 is 5.63. The molecule has 0 radical (unpaired) electrons. The van der Waals surface area contributed by atoms with E-state index in [9.17, 15) is 14.9 Å². The molecule has 0 aliphatic carbocycles. The van der Waals surface area contributed by atoms with Crippen LogP contribution in [0.1, 0.15) is 19.3 Å². The highest BCUT2D eigenvalue weighted by atomic mass is 16.6. The summed E-state index contributed by atoms with van der Waals surface area (Å²) >= 11 is 0. The Hall–Kier alpha value is -3.16. The number of nitro groups is 1. The number of carbonyl (C=O) groups is 1. The van der Waals surface area contributed by atoms with Crippen LogP contribution in [0.3, 0.4) is 0 Å². The molecule has 2 heterocycles. The molecule has 1 saturated heterocycles. The Bertz CT molecular complexity index is 783. The van der Waals surface area contributed by atoms with Crippen molar-refractivity contribution in [3.05, 3.63) is 58.8 Å². The quantitative estimate of drug-likeness (QED) is 0.414. The second-order valence-corrected chi connectivity index (χ2v) is 6.62. The van der Waals surface area contributed by atoms with Gasteiger partial charge in [-0.2, -0.15) is 0 Å². The van der Waals surface area contributed by atoms with Gasteiger partial charge in [0.05, 0.1) is 11.5 Å². The van der Waals surface area contributed by atoms with Crippen molar-refractivity contribution in [1.29, 1.82) is 0 Å². The van der Waals surface area contributed by atoms with E-state index in [1.165, 1.54) is 12.3 Å². The van der Waals surface area contributed by atoms with Crippen molar-refractivity contribution < 1.29 is 14.5 Å². The number of benzene rings is 1. The minimum absolute atomic E-state index is 0.0203. The van der Waals surface area contributed by atoms with Gasteiger partial charge in [-0.05, 0) is 31.0 Å². The molecule has 1 fully saturated rings. The van der Waals surface area contributed by atoms with Crippen LogP contribution in [-0.2, 0) is 4.79 Å². The number of nitrogens with zero attached hydrogens (tertiary/aromatic N) is 4. The summed E-state index contributed by atoms with van der Waals surface area (Å²) in [6, 6.07) is 12.7. The number of amides is 1. The Morgan fingerprint density at radius 1 is 1.11 bits per heavy atom. The molecular formula is C20H24N4O4. The normalized spacial score (nSPS) is 14.4. The molecule has 1 aromatic heterocycles. The molecule has 1 aromatic carbocycles. The van der Waals surface area contributed by atoms with Crippen LogP contribution in [0.15, 0.2) is 48.7 Å². The lowest BCUT2D eigenvalue weighted by Gasteiger charge is -2.22. The number of hydrogen-bond acceptors (Lipinski definition) is 6. The van der Waals surface area contributed by atoms with E-state index in [2.05, 4.69) is 9.88 Å². The van der Waals surface area contributed by atoms with E-state index in [1.807, 2.05) is 35.2 Å². The van der Waals surface area contributed by atoms with Crippen LogP contribution in [0.25, 0.3) is 0 Å². The lowest BCUT2D eigenvalue weighted by atomic mass is 10.2. The average Bonchev–Trinajstić information content (AvgIpc) is 2.98. The smallest absolute Gasteiger partial charge is 0.287 e. The van der Waals surface area contributed by atoms with Gasteiger partial charge in [-0.15, -0.1) is 0 Å². The number of ether oxygens (including phenoxy) is 1. The maximum Gasteiger partial charge on any atom is 0.287 e. The maximum absolute atomic E-state index is 12.5. The van der Waals surface area contributed by atoms with Crippen molar-refractivity contribution >= 4 is 17.4 Å². The first-order valence-electron chi connectivity index (χ1n) is 9.44. The summed E-state index contributed by atoms with van der Waals surface area (Å²) in [5, 5.41) is 10.7. The highest BCUT2D eigenvalue weighted by Gasteiger charge is 2.20. The third-order valence-corrected chi connectivity index (χ3v) is 4.66. The standard InChI is InChI=1S/C20H24N4O4/c25-20(8-4-15-28-18-6-2-1-3-7-18)23-12-5-11-22(13-14-23)19-10-9-17(16-21-19)24(26)27/h1-3,6-7,9-10,16H,4-5,8,11-15H2. The number of rotatable bonds is 7. The number of hydrogen-bond donors (Lipinski definition) is 0. The average molecular weight is 384 g/mol.